The number of nitrogens with one attached hydrogen (secondary N) is 3. The average molecular weight is 563 g/mol. The monoisotopic (exact) mass is 562 g/mol. The van der Waals surface area contributed by atoms with Crippen molar-refractivity contribution in [3.05, 3.63) is 0 Å². The summed E-state index contributed by atoms with van der Waals surface area (Å²) >= 11 is 1.44. The van der Waals surface area contributed by atoms with Gasteiger partial charge in [0.1, 0.15) is 18.1 Å². The van der Waals surface area contributed by atoms with Crippen molar-refractivity contribution in [2.75, 3.05) is 25.1 Å². The number of nitrogens with zero attached hydrogens (tertiary/aromatic N) is 1. The number of carboxylic acids is 2. The standard InChI is InChI=1S/C22H42N8O7S/c1-38-12-9-15(28-18(33)13(24)7-8-17(31)32)20(35)29-14(5-2-3-10-23)19(34)30-16(21(36)37)6-4-11-27-22(25)26/h13-16H,2-12,23-24H2,1H3,(H,28,33)(H,29,35)(H,30,34)(H,31,32)(H,36,37)(H4,25,26,27). The number of carbonyl (C=O) groups is 5. The average Bonchev–Trinajstić information content (AvgIpc) is 2.85. The van der Waals surface area contributed by atoms with Crippen molar-refractivity contribution in [2.24, 2.45) is 27.9 Å². The molecule has 0 aromatic rings. The molecule has 3 amide bonds. The molecule has 0 aliphatic rings. The molecule has 15 nitrogen and oxygen atoms in total. The van der Waals surface area contributed by atoms with Crippen LogP contribution in [-0.4, -0.2) is 95.1 Å². The maximum Gasteiger partial charge on any atom is 0.326 e. The normalized spacial score (nSPS) is 13.9. The Kier molecular flexibility index (Phi) is 18.3. The lowest BCUT2D eigenvalue weighted by molar-refractivity contribution is -0.142. The molecule has 0 rings (SSSR count). The summed E-state index contributed by atoms with van der Waals surface area (Å²) in [7, 11) is 0. The fourth-order valence-electron chi connectivity index (χ4n) is 3.26. The first kappa shape index (κ1) is 34.9. The smallest absolute Gasteiger partial charge is 0.326 e. The van der Waals surface area contributed by atoms with Gasteiger partial charge in [-0.15, -0.1) is 0 Å². The lowest BCUT2D eigenvalue weighted by Gasteiger charge is -2.25. The Morgan fingerprint density at radius 1 is 0.816 bits per heavy atom. The van der Waals surface area contributed by atoms with Crippen LogP contribution in [0.5, 0.6) is 0 Å². The zero-order valence-electron chi connectivity index (χ0n) is 21.7. The first-order chi connectivity index (χ1) is 17.9. The van der Waals surface area contributed by atoms with Crippen LogP contribution in [0.15, 0.2) is 4.99 Å². The second-order valence-electron chi connectivity index (χ2n) is 8.58. The number of aliphatic carboxylic acids is 2. The number of thioether (sulfide) groups is 1. The topological polar surface area (TPSA) is 278 Å². The summed E-state index contributed by atoms with van der Waals surface area (Å²) in [5, 5.41) is 25.9. The minimum atomic E-state index is -1.25. The molecule has 16 heteroatoms. The molecule has 0 radical (unpaired) electrons. The van der Waals surface area contributed by atoms with Crippen LogP contribution < -0.4 is 38.9 Å². The third-order valence-corrected chi connectivity index (χ3v) is 6.03. The number of carboxylic acid groups (broad SMARTS) is 2. The second kappa shape index (κ2) is 19.9. The van der Waals surface area contributed by atoms with E-state index in [0.29, 0.717) is 31.6 Å². The van der Waals surface area contributed by atoms with E-state index >= 15 is 0 Å². The molecule has 0 aliphatic carbocycles. The number of amides is 3. The van der Waals surface area contributed by atoms with Gasteiger partial charge in [0.15, 0.2) is 5.96 Å². The highest BCUT2D eigenvalue weighted by atomic mass is 32.2. The molecule has 38 heavy (non-hydrogen) atoms. The SMILES string of the molecule is CSCCC(NC(=O)C(N)CCC(=O)O)C(=O)NC(CCCCN)C(=O)NC(CCCN=C(N)N)C(=O)O. The van der Waals surface area contributed by atoms with Gasteiger partial charge in [0.05, 0.1) is 6.04 Å². The molecule has 0 saturated carbocycles. The molecule has 0 spiro atoms. The van der Waals surface area contributed by atoms with Crippen molar-refractivity contribution in [3.8, 4) is 0 Å². The highest BCUT2D eigenvalue weighted by Crippen LogP contribution is 2.08. The molecule has 0 aliphatic heterocycles. The highest BCUT2D eigenvalue weighted by molar-refractivity contribution is 7.98. The Labute approximate surface area is 226 Å². The summed E-state index contributed by atoms with van der Waals surface area (Å²) in [5.74, 6) is -4.02. The summed E-state index contributed by atoms with van der Waals surface area (Å²) in [5.41, 5.74) is 21.8. The molecule has 0 saturated heterocycles. The lowest BCUT2D eigenvalue weighted by Crippen LogP contribution is -2.57. The maximum atomic E-state index is 13.1. The van der Waals surface area contributed by atoms with Gasteiger partial charge in [-0.25, -0.2) is 4.79 Å². The number of rotatable bonds is 21. The quantitative estimate of drug-likeness (QED) is 0.0404. The number of hydrogen-bond acceptors (Lipinski definition) is 9. The number of nitrogens with two attached hydrogens (primary N) is 4. The molecule has 0 aromatic heterocycles. The van der Waals surface area contributed by atoms with E-state index in [1.807, 2.05) is 6.26 Å². The Hall–Kier alpha value is -3.11. The molecule has 0 aromatic carbocycles. The Balaban J connectivity index is 5.46. The third-order valence-electron chi connectivity index (χ3n) is 5.39. The van der Waals surface area contributed by atoms with Crippen molar-refractivity contribution < 1.29 is 34.2 Å². The maximum absolute atomic E-state index is 13.1. The number of carbonyl (C=O) groups excluding carboxylic acids is 3. The van der Waals surface area contributed by atoms with E-state index in [1.165, 1.54) is 11.8 Å². The largest absolute Gasteiger partial charge is 0.481 e. The van der Waals surface area contributed by atoms with Crippen LogP contribution in [0.3, 0.4) is 0 Å². The molecule has 0 fully saturated rings. The second-order valence-corrected chi connectivity index (χ2v) is 9.56. The van der Waals surface area contributed by atoms with Gasteiger partial charge in [0.2, 0.25) is 17.7 Å². The van der Waals surface area contributed by atoms with Crippen molar-refractivity contribution in [1.82, 2.24) is 16.0 Å². The number of aliphatic imine (C=N–C) groups is 1. The fraction of sp³-hybridized carbons (Fsp3) is 0.727. The fourth-order valence-corrected chi connectivity index (χ4v) is 3.73. The van der Waals surface area contributed by atoms with Gasteiger partial charge in [0.25, 0.3) is 0 Å². The zero-order chi connectivity index (χ0) is 29.1. The van der Waals surface area contributed by atoms with E-state index in [1.54, 1.807) is 0 Å². The number of hydrogen-bond donors (Lipinski definition) is 9. The predicted molar refractivity (Wildman–Crippen MR) is 144 cm³/mol. The molecule has 4 unspecified atom stereocenters. The van der Waals surface area contributed by atoms with Crippen LogP contribution in [0, 0.1) is 0 Å². The molecule has 13 N–H and O–H groups in total. The van der Waals surface area contributed by atoms with Gasteiger partial charge in [-0.05, 0) is 63.5 Å². The minimum absolute atomic E-state index is 0.0575. The number of unbranched alkanes of at least 4 members (excludes halogenated alkanes) is 1. The van der Waals surface area contributed by atoms with Gasteiger partial charge < -0.3 is 49.1 Å². The predicted octanol–water partition coefficient (Wildman–Crippen LogP) is -2.35. The van der Waals surface area contributed by atoms with E-state index in [2.05, 4.69) is 20.9 Å². The van der Waals surface area contributed by atoms with E-state index in [9.17, 15) is 29.1 Å². The minimum Gasteiger partial charge on any atom is -0.481 e. The van der Waals surface area contributed by atoms with Crippen LogP contribution in [0.2, 0.25) is 0 Å². The van der Waals surface area contributed by atoms with Crippen LogP contribution in [0.1, 0.15) is 51.4 Å². The van der Waals surface area contributed by atoms with Gasteiger partial charge in [0, 0.05) is 13.0 Å². The van der Waals surface area contributed by atoms with Gasteiger partial charge in [-0.1, -0.05) is 0 Å². The van der Waals surface area contributed by atoms with Crippen molar-refractivity contribution in [2.45, 2.75) is 75.5 Å². The van der Waals surface area contributed by atoms with Crippen LogP contribution in [0.25, 0.3) is 0 Å². The van der Waals surface area contributed by atoms with E-state index in [4.69, 9.17) is 28.0 Å². The Morgan fingerprint density at radius 3 is 1.89 bits per heavy atom. The van der Waals surface area contributed by atoms with Crippen LogP contribution in [-0.2, 0) is 24.0 Å². The van der Waals surface area contributed by atoms with Crippen molar-refractivity contribution in [3.63, 3.8) is 0 Å². The highest BCUT2D eigenvalue weighted by Gasteiger charge is 2.30. The molecule has 0 heterocycles. The molecule has 218 valence electrons. The summed E-state index contributed by atoms with van der Waals surface area (Å²) < 4.78 is 0. The lowest BCUT2D eigenvalue weighted by atomic mass is 10.1. The number of guanidine groups is 1. The van der Waals surface area contributed by atoms with Gasteiger partial charge in [-0.3, -0.25) is 24.2 Å². The zero-order valence-corrected chi connectivity index (χ0v) is 22.5. The summed E-state index contributed by atoms with van der Waals surface area (Å²) in [6.45, 7) is 0.551. The van der Waals surface area contributed by atoms with E-state index in [0.717, 1.165) is 0 Å². The summed E-state index contributed by atoms with van der Waals surface area (Å²) in [6.07, 6.45) is 3.23. The van der Waals surface area contributed by atoms with Crippen LogP contribution in [0.4, 0.5) is 0 Å². The van der Waals surface area contributed by atoms with Crippen molar-refractivity contribution >= 4 is 47.4 Å². The third kappa shape index (κ3) is 15.9. The molecular weight excluding hydrogens is 520 g/mol. The van der Waals surface area contributed by atoms with Crippen LogP contribution >= 0.6 is 11.8 Å². The van der Waals surface area contributed by atoms with E-state index < -0.39 is 53.8 Å². The molecule has 0 bridgehead atoms. The van der Waals surface area contributed by atoms with Gasteiger partial charge >= 0.3 is 11.9 Å². The van der Waals surface area contributed by atoms with E-state index in [-0.39, 0.29) is 44.6 Å². The van der Waals surface area contributed by atoms with Gasteiger partial charge in [-0.2, -0.15) is 11.8 Å². The first-order valence-electron chi connectivity index (χ1n) is 12.3. The van der Waals surface area contributed by atoms with Crippen molar-refractivity contribution in [1.29, 1.82) is 0 Å². The first-order valence-corrected chi connectivity index (χ1v) is 13.7. The summed E-state index contributed by atoms with van der Waals surface area (Å²) in [4.78, 5) is 64.7. The summed E-state index contributed by atoms with van der Waals surface area (Å²) in [6, 6.07) is -4.48. The molecular formula is C22H42N8O7S. The Morgan fingerprint density at radius 2 is 1.37 bits per heavy atom. The molecule has 4 atom stereocenters. The Bertz CT molecular complexity index is 811.